The number of hydrogen-bond donors (Lipinski definition) is 1. The molecule has 1 aliphatic heterocycles. The van der Waals surface area contributed by atoms with Gasteiger partial charge in [0.15, 0.2) is 0 Å². The van der Waals surface area contributed by atoms with Crippen LogP contribution in [0, 0.1) is 12.7 Å². The number of phenolic OH excluding ortho intramolecular Hbond substituents is 1. The van der Waals surface area contributed by atoms with E-state index in [4.69, 9.17) is 4.74 Å². The van der Waals surface area contributed by atoms with Gasteiger partial charge in [0.25, 0.3) is 0 Å². The van der Waals surface area contributed by atoms with E-state index < -0.39 is 0 Å². The fraction of sp³-hybridized carbons (Fsp3) is 0.286. The van der Waals surface area contributed by atoms with Gasteiger partial charge < -0.3 is 9.84 Å². The summed E-state index contributed by atoms with van der Waals surface area (Å²) in [5.41, 5.74) is 2.61. The fourth-order valence-electron chi connectivity index (χ4n) is 3.60. The maximum atomic E-state index is 14.6. The van der Waals surface area contributed by atoms with Crippen LogP contribution >= 0.6 is 0 Å². The van der Waals surface area contributed by atoms with Crippen LogP contribution in [0.15, 0.2) is 48.5 Å². The lowest BCUT2D eigenvalue weighted by Crippen LogP contribution is -2.39. The van der Waals surface area contributed by atoms with Crippen molar-refractivity contribution < 1.29 is 14.2 Å². The molecule has 4 rings (SSSR count). The molecule has 1 aliphatic rings. The normalized spacial score (nSPS) is 16.7. The lowest BCUT2D eigenvalue weighted by Gasteiger charge is -2.35. The number of ether oxygens (including phenoxy) is 1. The van der Waals surface area contributed by atoms with Crippen molar-refractivity contribution in [2.45, 2.75) is 13.0 Å². The van der Waals surface area contributed by atoms with Crippen LogP contribution in [-0.4, -0.2) is 41.3 Å². The molecule has 0 spiro atoms. The van der Waals surface area contributed by atoms with Crippen LogP contribution in [0.25, 0.3) is 10.9 Å². The number of pyridine rings is 1. The lowest BCUT2D eigenvalue weighted by atomic mass is 9.94. The number of rotatable bonds is 3. The smallest absolute Gasteiger partial charge is 0.146 e. The van der Waals surface area contributed by atoms with E-state index in [1.54, 1.807) is 12.1 Å². The van der Waals surface area contributed by atoms with E-state index in [0.717, 1.165) is 11.1 Å². The van der Waals surface area contributed by atoms with Crippen molar-refractivity contribution in [3.05, 3.63) is 71.2 Å². The first-order chi connectivity index (χ1) is 12.6. The van der Waals surface area contributed by atoms with Crippen molar-refractivity contribution in [2.75, 3.05) is 26.3 Å². The predicted octanol–water partition coefficient (Wildman–Crippen LogP) is 3.81. The quantitative estimate of drug-likeness (QED) is 0.779. The van der Waals surface area contributed by atoms with Gasteiger partial charge in [-0.3, -0.25) is 4.90 Å². The molecule has 3 aromatic rings. The summed E-state index contributed by atoms with van der Waals surface area (Å²) in [5.74, 6) is -0.161. The first-order valence-electron chi connectivity index (χ1n) is 8.80. The number of aromatic nitrogens is 1. The van der Waals surface area contributed by atoms with Gasteiger partial charge in [0, 0.05) is 35.3 Å². The van der Waals surface area contributed by atoms with Crippen LogP contribution in [0.1, 0.15) is 22.9 Å². The Kier molecular flexibility index (Phi) is 4.57. The van der Waals surface area contributed by atoms with Crippen LogP contribution in [0.3, 0.4) is 0 Å². The summed E-state index contributed by atoms with van der Waals surface area (Å²) < 4.78 is 20.1. The Morgan fingerprint density at radius 3 is 2.54 bits per heavy atom. The number of aryl methyl sites for hydroxylation is 1. The van der Waals surface area contributed by atoms with E-state index in [-0.39, 0.29) is 17.6 Å². The second-order valence-electron chi connectivity index (χ2n) is 6.60. The molecule has 2 heterocycles. The molecule has 1 atom stereocenters. The molecule has 2 aromatic carbocycles. The zero-order valence-corrected chi connectivity index (χ0v) is 14.7. The zero-order chi connectivity index (χ0) is 18.1. The molecule has 1 N–H and O–H groups in total. The van der Waals surface area contributed by atoms with Crippen molar-refractivity contribution in [3.8, 4) is 5.75 Å². The first-order valence-corrected chi connectivity index (χ1v) is 8.80. The van der Waals surface area contributed by atoms with Crippen molar-refractivity contribution in [1.82, 2.24) is 9.88 Å². The number of benzene rings is 2. The average molecular weight is 352 g/mol. The summed E-state index contributed by atoms with van der Waals surface area (Å²) in [4.78, 5) is 6.64. The van der Waals surface area contributed by atoms with Crippen LogP contribution in [0.2, 0.25) is 0 Å². The molecule has 0 aliphatic carbocycles. The molecule has 26 heavy (non-hydrogen) atoms. The minimum atomic E-state index is -0.383. The molecule has 134 valence electrons. The Labute approximate surface area is 151 Å². The molecule has 1 saturated heterocycles. The van der Waals surface area contributed by atoms with Crippen LogP contribution in [-0.2, 0) is 4.74 Å². The van der Waals surface area contributed by atoms with Gasteiger partial charge in [0.05, 0.1) is 19.3 Å². The van der Waals surface area contributed by atoms with Gasteiger partial charge in [-0.05, 0) is 19.1 Å². The lowest BCUT2D eigenvalue weighted by molar-refractivity contribution is 0.0230. The molecule has 0 radical (unpaired) electrons. The highest BCUT2D eigenvalue weighted by Gasteiger charge is 2.29. The third-order valence-electron chi connectivity index (χ3n) is 4.91. The van der Waals surface area contributed by atoms with E-state index in [0.29, 0.717) is 42.9 Å². The summed E-state index contributed by atoms with van der Waals surface area (Å²) in [7, 11) is 0. The van der Waals surface area contributed by atoms with Crippen molar-refractivity contribution >= 4 is 10.9 Å². The summed E-state index contributed by atoms with van der Waals surface area (Å²) in [6, 6.07) is 14.0. The SMILES string of the molecule is Cc1ccc2ccc(C(c3ccccc3F)N3CCOCC3)c(O)c2n1. The van der Waals surface area contributed by atoms with E-state index >= 15 is 0 Å². The predicted molar refractivity (Wildman–Crippen MR) is 98.8 cm³/mol. The van der Waals surface area contributed by atoms with Gasteiger partial charge in [-0.1, -0.05) is 36.4 Å². The van der Waals surface area contributed by atoms with Crippen molar-refractivity contribution in [1.29, 1.82) is 0 Å². The van der Waals surface area contributed by atoms with E-state index in [9.17, 15) is 9.50 Å². The second kappa shape index (κ2) is 7.02. The molecule has 1 fully saturated rings. The molecule has 4 nitrogen and oxygen atoms in total. The second-order valence-corrected chi connectivity index (χ2v) is 6.60. The van der Waals surface area contributed by atoms with Crippen LogP contribution in [0.5, 0.6) is 5.75 Å². The highest BCUT2D eigenvalue weighted by Crippen LogP contribution is 2.39. The third-order valence-corrected chi connectivity index (χ3v) is 4.91. The maximum absolute atomic E-state index is 14.6. The summed E-state index contributed by atoms with van der Waals surface area (Å²) in [6.07, 6.45) is 0. The number of nitrogens with zero attached hydrogens (tertiary/aromatic N) is 2. The number of fused-ring (bicyclic) bond motifs is 1. The molecule has 0 saturated carbocycles. The number of phenols is 1. The van der Waals surface area contributed by atoms with Gasteiger partial charge in [0.1, 0.15) is 17.1 Å². The molecular formula is C21H21FN2O2. The largest absolute Gasteiger partial charge is 0.505 e. The Balaban J connectivity index is 1.90. The third kappa shape index (κ3) is 3.04. The van der Waals surface area contributed by atoms with Crippen molar-refractivity contribution in [3.63, 3.8) is 0 Å². The Bertz CT molecular complexity index is 938. The summed E-state index contributed by atoms with van der Waals surface area (Å²) >= 11 is 0. The summed E-state index contributed by atoms with van der Waals surface area (Å²) in [6.45, 7) is 4.44. The average Bonchev–Trinajstić information content (AvgIpc) is 2.66. The molecule has 1 unspecified atom stereocenters. The molecule has 0 bridgehead atoms. The fourth-order valence-corrected chi connectivity index (χ4v) is 3.60. The number of halogens is 1. The van der Waals surface area contributed by atoms with E-state index in [1.165, 1.54) is 6.07 Å². The molecule has 1 aromatic heterocycles. The highest BCUT2D eigenvalue weighted by atomic mass is 19.1. The monoisotopic (exact) mass is 352 g/mol. The van der Waals surface area contributed by atoms with Gasteiger partial charge >= 0.3 is 0 Å². The minimum Gasteiger partial charge on any atom is -0.505 e. The van der Waals surface area contributed by atoms with E-state index in [2.05, 4.69) is 9.88 Å². The number of morpholine rings is 1. The van der Waals surface area contributed by atoms with E-state index in [1.807, 2.05) is 37.3 Å². The van der Waals surface area contributed by atoms with Gasteiger partial charge in [0.2, 0.25) is 0 Å². The van der Waals surface area contributed by atoms with Crippen LogP contribution < -0.4 is 0 Å². The zero-order valence-electron chi connectivity index (χ0n) is 14.7. The number of aromatic hydroxyl groups is 1. The molecule has 0 amide bonds. The molecule has 5 heteroatoms. The maximum Gasteiger partial charge on any atom is 0.146 e. The Morgan fingerprint density at radius 2 is 1.77 bits per heavy atom. The first kappa shape index (κ1) is 16.9. The minimum absolute atomic E-state index is 0.117. The van der Waals surface area contributed by atoms with Gasteiger partial charge in [-0.25, -0.2) is 9.37 Å². The Hall–Kier alpha value is -2.50. The van der Waals surface area contributed by atoms with Crippen molar-refractivity contribution in [2.24, 2.45) is 0 Å². The topological polar surface area (TPSA) is 45.6 Å². The standard InChI is InChI=1S/C21H21FN2O2/c1-14-6-7-15-8-9-17(21(25)19(15)23-14)20(24-10-12-26-13-11-24)16-4-2-3-5-18(16)22/h2-9,20,25H,10-13H2,1H3. The van der Waals surface area contributed by atoms with Crippen LogP contribution in [0.4, 0.5) is 4.39 Å². The molecular weight excluding hydrogens is 331 g/mol. The van der Waals surface area contributed by atoms with Gasteiger partial charge in [-0.2, -0.15) is 0 Å². The van der Waals surface area contributed by atoms with Gasteiger partial charge in [-0.15, -0.1) is 0 Å². The summed E-state index contributed by atoms with van der Waals surface area (Å²) in [5, 5.41) is 11.9. The number of hydrogen-bond acceptors (Lipinski definition) is 4. The highest BCUT2D eigenvalue weighted by molar-refractivity contribution is 5.86. The Morgan fingerprint density at radius 1 is 1.04 bits per heavy atom.